The van der Waals surface area contributed by atoms with Gasteiger partial charge < -0.3 is 21.7 Å². The zero-order valence-electron chi connectivity index (χ0n) is 11.4. The highest BCUT2D eigenvalue weighted by molar-refractivity contribution is 6.34. The Labute approximate surface area is 122 Å². The third-order valence-corrected chi connectivity index (χ3v) is 3.76. The Morgan fingerprint density at radius 2 is 2.10 bits per heavy atom. The lowest BCUT2D eigenvalue weighted by molar-refractivity contribution is -0.126. The van der Waals surface area contributed by atoms with Gasteiger partial charge in [0.2, 0.25) is 5.91 Å². The second-order valence-corrected chi connectivity index (χ2v) is 5.64. The van der Waals surface area contributed by atoms with Crippen LogP contribution in [0, 0.1) is 0 Å². The average Bonchev–Trinajstić information content (AvgIpc) is 2.33. The predicted octanol–water partition coefficient (Wildman–Crippen LogP) is 0.736. The molecule has 0 spiro atoms. The fraction of sp³-hybridized carbons (Fsp3) is 0.385. The minimum Gasteiger partial charge on any atom is -0.399 e. The Morgan fingerprint density at radius 1 is 1.45 bits per heavy atom. The van der Waals surface area contributed by atoms with Crippen LogP contribution in [0.5, 0.6) is 0 Å². The largest absolute Gasteiger partial charge is 0.399 e. The number of nitrogen functional groups attached to an aromatic ring is 1. The Morgan fingerprint density at radius 3 is 2.70 bits per heavy atom. The van der Waals surface area contributed by atoms with Gasteiger partial charge in [0.05, 0.1) is 16.3 Å². The molecule has 1 saturated heterocycles. The van der Waals surface area contributed by atoms with Gasteiger partial charge in [-0.25, -0.2) is 0 Å². The highest BCUT2D eigenvalue weighted by Crippen LogP contribution is 2.37. The molecule has 1 heterocycles. The molecule has 0 radical (unpaired) electrons. The van der Waals surface area contributed by atoms with E-state index in [1.54, 1.807) is 24.8 Å². The van der Waals surface area contributed by atoms with Gasteiger partial charge in [0, 0.05) is 18.8 Å². The molecule has 2 amide bonds. The first kappa shape index (κ1) is 14.5. The van der Waals surface area contributed by atoms with E-state index < -0.39 is 11.4 Å². The molecule has 0 aliphatic carbocycles. The summed E-state index contributed by atoms with van der Waals surface area (Å²) in [6.45, 7) is 4.53. The number of carbonyl (C=O) groups is 2. The molecule has 108 valence electrons. The van der Waals surface area contributed by atoms with E-state index in [4.69, 9.17) is 23.1 Å². The second-order valence-electron chi connectivity index (χ2n) is 5.23. The molecule has 5 N–H and O–H groups in total. The number of benzene rings is 1. The van der Waals surface area contributed by atoms with Crippen LogP contribution in [0.1, 0.15) is 24.2 Å². The van der Waals surface area contributed by atoms with Crippen molar-refractivity contribution in [1.29, 1.82) is 0 Å². The number of halogens is 1. The van der Waals surface area contributed by atoms with Crippen LogP contribution in [0.3, 0.4) is 0 Å². The number of amides is 2. The minimum absolute atomic E-state index is 0.132. The van der Waals surface area contributed by atoms with Gasteiger partial charge in [-0.15, -0.1) is 0 Å². The third kappa shape index (κ3) is 2.27. The number of hydrogen-bond acceptors (Lipinski definition) is 4. The van der Waals surface area contributed by atoms with Crippen LogP contribution in [0.25, 0.3) is 0 Å². The van der Waals surface area contributed by atoms with E-state index in [0.29, 0.717) is 29.5 Å². The highest BCUT2D eigenvalue weighted by atomic mass is 35.5. The maximum absolute atomic E-state index is 12.0. The Bertz CT molecular complexity index is 586. The SMILES string of the molecule is CC1(C)C(=O)NCCN1c1c(Cl)cc(N)cc1C(N)=O. The predicted molar refractivity (Wildman–Crippen MR) is 78.8 cm³/mol. The number of hydrogen-bond donors (Lipinski definition) is 3. The smallest absolute Gasteiger partial charge is 0.250 e. The van der Waals surface area contributed by atoms with Crippen molar-refractivity contribution >= 4 is 34.8 Å². The minimum atomic E-state index is -0.831. The van der Waals surface area contributed by atoms with Crippen LogP contribution in [0.15, 0.2) is 12.1 Å². The van der Waals surface area contributed by atoms with Crippen LogP contribution < -0.4 is 21.7 Å². The summed E-state index contributed by atoms with van der Waals surface area (Å²) in [4.78, 5) is 25.4. The van der Waals surface area contributed by atoms with Gasteiger partial charge in [0.25, 0.3) is 5.91 Å². The first-order chi connectivity index (χ1) is 9.25. The third-order valence-electron chi connectivity index (χ3n) is 3.47. The van der Waals surface area contributed by atoms with Crippen molar-refractivity contribution in [2.45, 2.75) is 19.4 Å². The summed E-state index contributed by atoms with van der Waals surface area (Å²) in [6.07, 6.45) is 0. The summed E-state index contributed by atoms with van der Waals surface area (Å²) in [6, 6.07) is 3.03. The molecule has 20 heavy (non-hydrogen) atoms. The quantitative estimate of drug-likeness (QED) is 0.700. The second kappa shape index (κ2) is 4.86. The Kier molecular flexibility index (Phi) is 3.52. The molecule has 1 aliphatic rings. The van der Waals surface area contributed by atoms with Crippen molar-refractivity contribution in [2.75, 3.05) is 23.7 Å². The van der Waals surface area contributed by atoms with E-state index in [2.05, 4.69) is 5.32 Å². The van der Waals surface area contributed by atoms with E-state index in [1.165, 1.54) is 6.07 Å². The van der Waals surface area contributed by atoms with Gasteiger partial charge in [-0.2, -0.15) is 0 Å². The number of nitrogens with one attached hydrogen (secondary N) is 1. The van der Waals surface area contributed by atoms with Crippen LogP contribution >= 0.6 is 11.6 Å². The maximum atomic E-state index is 12.0. The number of piperazine rings is 1. The molecule has 7 heteroatoms. The fourth-order valence-corrected chi connectivity index (χ4v) is 2.70. The topological polar surface area (TPSA) is 101 Å². The van der Waals surface area contributed by atoms with Gasteiger partial charge in [-0.05, 0) is 26.0 Å². The molecule has 1 fully saturated rings. The van der Waals surface area contributed by atoms with Crippen LogP contribution in [-0.4, -0.2) is 30.4 Å². The van der Waals surface area contributed by atoms with Crippen LogP contribution in [-0.2, 0) is 4.79 Å². The highest BCUT2D eigenvalue weighted by Gasteiger charge is 2.39. The summed E-state index contributed by atoms with van der Waals surface area (Å²) >= 11 is 6.23. The summed E-state index contributed by atoms with van der Waals surface area (Å²) in [5.74, 6) is -0.761. The van der Waals surface area contributed by atoms with Crippen molar-refractivity contribution in [2.24, 2.45) is 5.73 Å². The van der Waals surface area contributed by atoms with Crippen molar-refractivity contribution in [3.63, 3.8) is 0 Å². The summed E-state index contributed by atoms with van der Waals surface area (Å²) in [5.41, 5.74) is 11.3. The standard InChI is InChI=1S/C13H17ClN4O2/c1-13(2)12(20)17-3-4-18(13)10-8(11(16)19)5-7(15)6-9(10)14/h5-6H,3-4,15H2,1-2H3,(H2,16,19)(H,17,20). The van der Waals surface area contributed by atoms with Gasteiger partial charge in [-0.1, -0.05) is 11.6 Å². The van der Waals surface area contributed by atoms with E-state index in [1.807, 2.05) is 0 Å². The molecule has 2 rings (SSSR count). The molecule has 1 aliphatic heterocycles. The zero-order chi connectivity index (χ0) is 15.1. The van der Waals surface area contributed by atoms with E-state index in [9.17, 15) is 9.59 Å². The first-order valence-electron chi connectivity index (χ1n) is 6.20. The van der Waals surface area contributed by atoms with Gasteiger partial charge in [-0.3, -0.25) is 9.59 Å². The van der Waals surface area contributed by atoms with E-state index in [-0.39, 0.29) is 11.5 Å². The molecular weight excluding hydrogens is 280 g/mol. The summed E-state index contributed by atoms with van der Waals surface area (Å²) in [5, 5.41) is 3.09. The number of carbonyl (C=O) groups excluding carboxylic acids is 2. The molecule has 1 aromatic rings. The number of anilines is 2. The molecule has 0 bridgehead atoms. The Hall–Kier alpha value is -1.95. The number of nitrogens with two attached hydrogens (primary N) is 2. The fourth-order valence-electron chi connectivity index (χ4n) is 2.37. The van der Waals surface area contributed by atoms with Gasteiger partial charge >= 0.3 is 0 Å². The summed E-state index contributed by atoms with van der Waals surface area (Å²) < 4.78 is 0. The molecule has 0 saturated carbocycles. The number of primary amides is 1. The van der Waals surface area contributed by atoms with Crippen molar-refractivity contribution in [3.8, 4) is 0 Å². The lowest BCUT2D eigenvalue weighted by Gasteiger charge is -2.43. The lowest BCUT2D eigenvalue weighted by atomic mass is 9.96. The average molecular weight is 297 g/mol. The molecule has 1 aromatic carbocycles. The van der Waals surface area contributed by atoms with Gasteiger partial charge in [0.15, 0.2) is 0 Å². The maximum Gasteiger partial charge on any atom is 0.250 e. The van der Waals surface area contributed by atoms with Crippen LogP contribution in [0.4, 0.5) is 11.4 Å². The summed E-state index contributed by atoms with van der Waals surface area (Å²) in [7, 11) is 0. The molecule has 0 aromatic heterocycles. The monoisotopic (exact) mass is 296 g/mol. The Balaban J connectivity index is 2.62. The van der Waals surface area contributed by atoms with Crippen molar-refractivity contribution in [1.82, 2.24) is 5.32 Å². The number of nitrogens with zero attached hydrogens (tertiary/aromatic N) is 1. The van der Waals surface area contributed by atoms with Gasteiger partial charge in [0.1, 0.15) is 5.54 Å². The van der Waals surface area contributed by atoms with Crippen molar-refractivity contribution in [3.05, 3.63) is 22.7 Å². The first-order valence-corrected chi connectivity index (χ1v) is 6.57. The van der Waals surface area contributed by atoms with Crippen LogP contribution in [0.2, 0.25) is 5.02 Å². The lowest BCUT2D eigenvalue weighted by Crippen LogP contribution is -2.62. The molecule has 0 unspecified atom stereocenters. The number of rotatable bonds is 2. The molecular formula is C13H17ClN4O2. The molecule has 6 nitrogen and oxygen atoms in total. The normalized spacial score (nSPS) is 17.8. The molecule has 0 atom stereocenters. The van der Waals surface area contributed by atoms with Crippen molar-refractivity contribution < 1.29 is 9.59 Å². The van der Waals surface area contributed by atoms with E-state index >= 15 is 0 Å². The van der Waals surface area contributed by atoms with E-state index in [0.717, 1.165) is 0 Å². The zero-order valence-corrected chi connectivity index (χ0v) is 12.1.